The van der Waals surface area contributed by atoms with Crippen LogP contribution >= 0.6 is 0 Å². The van der Waals surface area contributed by atoms with Crippen molar-refractivity contribution in [1.82, 2.24) is 15.3 Å². The zero-order chi connectivity index (χ0) is 19.8. The van der Waals surface area contributed by atoms with E-state index in [-0.39, 0.29) is 37.0 Å². The fourth-order valence-corrected chi connectivity index (χ4v) is 2.66. The summed E-state index contributed by atoms with van der Waals surface area (Å²) in [5, 5.41) is 3.32. The zero-order valence-corrected chi connectivity index (χ0v) is 16.1. The monoisotopic (exact) mass is 373 g/mol. The summed E-state index contributed by atoms with van der Waals surface area (Å²) in [5.74, 6) is 0.187. The van der Waals surface area contributed by atoms with Gasteiger partial charge in [-0.15, -0.1) is 0 Å². The maximum atomic E-state index is 12.0. The van der Waals surface area contributed by atoms with Gasteiger partial charge < -0.3 is 15.0 Å². The van der Waals surface area contributed by atoms with Crippen molar-refractivity contribution in [3.63, 3.8) is 0 Å². The first-order chi connectivity index (χ1) is 12.8. The Morgan fingerprint density at radius 2 is 1.93 bits per heavy atom. The fraction of sp³-hybridized carbons (Fsp3) is 0.500. The number of aromatic nitrogens is 2. The van der Waals surface area contributed by atoms with Crippen LogP contribution in [0, 0.1) is 5.92 Å². The third-order valence-corrected chi connectivity index (χ3v) is 4.18. The van der Waals surface area contributed by atoms with Crippen LogP contribution in [0.1, 0.15) is 45.9 Å². The number of carbonyl (C=O) groups is 2. The van der Waals surface area contributed by atoms with Crippen LogP contribution in [0.5, 0.6) is 0 Å². The molecule has 0 saturated carbocycles. The maximum absolute atomic E-state index is 12.0. The van der Waals surface area contributed by atoms with Gasteiger partial charge in [0.1, 0.15) is 5.82 Å². The molecule has 0 radical (unpaired) electrons. The minimum Gasteiger partial charge on any atom is -0.456 e. The van der Waals surface area contributed by atoms with Crippen molar-refractivity contribution in [2.45, 2.75) is 52.5 Å². The van der Waals surface area contributed by atoms with E-state index in [4.69, 9.17) is 4.74 Å². The molecule has 1 amide bonds. The predicted molar refractivity (Wildman–Crippen MR) is 103 cm³/mol. The van der Waals surface area contributed by atoms with Crippen LogP contribution in [0.25, 0.3) is 10.9 Å². The predicted octanol–water partition coefficient (Wildman–Crippen LogP) is 2.34. The second-order valence-corrected chi connectivity index (χ2v) is 7.13. The molecule has 0 aliphatic carbocycles. The molecule has 1 heterocycles. The summed E-state index contributed by atoms with van der Waals surface area (Å²) >= 11 is 0. The first-order valence-corrected chi connectivity index (χ1v) is 9.28. The van der Waals surface area contributed by atoms with E-state index in [0.29, 0.717) is 22.6 Å². The number of hydrogen-bond donors (Lipinski definition) is 2. The van der Waals surface area contributed by atoms with Crippen molar-refractivity contribution in [2.24, 2.45) is 5.92 Å². The standard InChI is InChI=1S/C20H27N3O4/c1-13(2)8-9-14(3)21-18(24)12-27-19(25)11-10-17-22-16-7-5-4-6-15(16)20(26)23-17/h4-7,13-14H,8-12H2,1-3H3,(H,21,24)(H,22,23,26)/t14-/m0/s1. The molecule has 7 heteroatoms. The normalized spacial score (nSPS) is 12.1. The van der Waals surface area contributed by atoms with E-state index in [1.165, 1.54) is 0 Å². The van der Waals surface area contributed by atoms with E-state index in [9.17, 15) is 14.4 Å². The Bertz CT molecular complexity index is 844. The Balaban J connectivity index is 1.76. The Morgan fingerprint density at radius 1 is 1.19 bits per heavy atom. The van der Waals surface area contributed by atoms with Gasteiger partial charge in [0.05, 0.1) is 17.3 Å². The van der Waals surface area contributed by atoms with Gasteiger partial charge in [0, 0.05) is 12.5 Å². The summed E-state index contributed by atoms with van der Waals surface area (Å²) in [4.78, 5) is 42.7. The Labute approximate surface area is 158 Å². The number of carbonyl (C=O) groups excluding carboxylic acids is 2. The van der Waals surface area contributed by atoms with Gasteiger partial charge in [-0.25, -0.2) is 4.98 Å². The largest absolute Gasteiger partial charge is 0.456 e. The number of fused-ring (bicyclic) bond motifs is 1. The molecule has 2 N–H and O–H groups in total. The number of esters is 1. The number of hydrogen-bond acceptors (Lipinski definition) is 5. The number of amides is 1. The van der Waals surface area contributed by atoms with Gasteiger partial charge in [0.15, 0.2) is 6.61 Å². The van der Waals surface area contributed by atoms with E-state index in [1.54, 1.807) is 24.3 Å². The molecule has 0 spiro atoms. The minimum absolute atomic E-state index is 0.0392. The molecule has 0 aliphatic rings. The maximum Gasteiger partial charge on any atom is 0.306 e. The molecule has 0 aliphatic heterocycles. The van der Waals surface area contributed by atoms with Crippen molar-refractivity contribution < 1.29 is 14.3 Å². The van der Waals surface area contributed by atoms with Gasteiger partial charge in [0.25, 0.3) is 11.5 Å². The van der Waals surface area contributed by atoms with Crippen LogP contribution in [-0.4, -0.2) is 34.5 Å². The van der Waals surface area contributed by atoms with E-state index < -0.39 is 5.97 Å². The fourth-order valence-electron chi connectivity index (χ4n) is 2.66. The van der Waals surface area contributed by atoms with Gasteiger partial charge in [-0.1, -0.05) is 26.0 Å². The van der Waals surface area contributed by atoms with E-state index in [0.717, 1.165) is 12.8 Å². The third kappa shape index (κ3) is 6.84. The summed E-state index contributed by atoms with van der Waals surface area (Å²) in [6.07, 6.45) is 2.19. The van der Waals surface area contributed by atoms with E-state index in [2.05, 4.69) is 29.1 Å². The molecule has 1 aromatic heterocycles. The molecule has 7 nitrogen and oxygen atoms in total. The number of nitrogens with zero attached hydrogens (tertiary/aromatic N) is 1. The highest BCUT2D eigenvalue weighted by molar-refractivity contribution is 5.81. The van der Waals surface area contributed by atoms with Crippen molar-refractivity contribution >= 4 is 22.8 Å². The van der Waals surface area contributed by atoms with Gasteiger partial charge >= 0.3 is 5.97 Å². The average Bonchev–Trinajstić information content (AvgIpc) is 2.63. The highest BCUT2D eigenvalue weighted by atomic mass is 16.5. The number of benzene rings is 1. The second-order valence-electron chi connectivity index (χ2n) is 7.13. The topological polar surface area (TPSA) is 101 Å². The molecule has 1 atom stereocenters. The molecule has 0 saturated heterocycles. The smallest absolute Gasteiger partial charge is 0.306 e. The lowest BCUT2D eigenvalue weighted by Gasteiger charge is -2.15. The van der Waals surface area contributed by atoms with E-state index in [1.807, 2.05) is 6.92 Å². The first-order valence-electron chi connectivity index (χ1n) is 9.28. The molecule has 0 unspecified atom stereocenters. The number of para-hydroxylation sites is 1. The Morgan fingerprint density at radius 3 is 2.67 bits per heavy atom. The molecular formula is C20H27N3O4. The molecule has 0 fully saturated rings. The van der Waals surface area contributed by atoms with Gasteiger partial charge in [-0.3, -0.25) is 14.4 Å². The van der Waals surface area contributed by atoms with Crippen molar-refractivity contribution in [2.75, 3.05) is 6.61 Å². The number of aryl methyl sites for hydroxylation is 1. The number of H-pyrrole nitrogens is 1. The van der Waals surface area contributed by atoms with Gasteiger partial charge in [-0.2, -0.15) is 0 Å². The molecule has 1 aromatic carbocycles. The third-order valence-electron chi connectivity index (χ3n) is 4.18. The molecule has 0 bridgehead atoms. The van der Waals surface area contributed by atoms with Crippen LogP contribution in [0.2, 0.25) is 0 Å². The SMILES string of the molecule is CC(C)CC[C@H](C)NC(=O)COC(=O)CCc1nc2ccccc2c(=O)[nH]1. The van der Waals surface area contributed by atoms with Crippen molar-refractivity contribution in [3.05, 3.63) is 40.4 Å². The molecule has 2 rings (SSSR count). The summed E-state index contributed by atoms with van der Waals surface area (Å²) in [6.45, 7) is 5.90. The summed E-state index contributed by atoms with van der Waals surface area (Å²) < 4.78 is 5.00. The highest BCUT2D eigenvalue weighted by Crippen LogP contribution is 2.07. The van der Waals surface area contributed by atoms with Crippen LogP contribution in [0.15, 0.2) is 29.1 Å². The number of nitrogens with one attached hydrogen (secondary N) is 2. The lowest BCUT2D eigenvalue weighted by atomic mass is 10.0. The summed E-state index contributed by atoms with van der Waals surface area (Å²) in [7, 11) is 0. The number of ether oxygens (including phenoxy) is 1. The molecule has 2 aromatic rings. The Kier molecular flexibility index (Phi) is 7.52. The van der Waals surface area contributed by atoms with Crippen molar-refractivity contribution in [1.29, 1.82) is 0 Å². The lowest BCUT2D eigenvalue weighted by Crippen LogP contribution is -2.36. The van der Waals surface area contributed by atoms with E-state index >= 15 is 0 Å². The van der Waals surface area contributed by atoms with Gasteiger partial charge in [-0.05, 0) is 37.8 Å². The van der Waals surface area contributed by atoms with Crippen LogP contribution in [0.3, 0.4) is 0 Å². The first kappa shape index (κ1) is 20.6. The van der Waals surface area contributed by atoms with Crippen LogP contribution in [0.4, 0.5) is 0 Å². The Hall–Kier alpha value is -2.70. The molecule has 27 heavy (non-hydrogen) atoms. The lowest BCUT2D eigenvalue weighted by molar-refractivity contribution is -0.148. The van der Waals surface area contributed by atoms with Crippen LogP contribution in [-0.2, 0) is 20.7 Å². The zero-order valence-electron chi connectivity index (χ0n) is 16.1. The average molecular weight is 373 g/mol. The number of rotatable bonds is 9. The number of aromatic amines is 1. The van der Waals surface area contributed by atoms with Gasteiger partial charge in [0.2, 0.25) is 0 Å². The van der Waals surface area contributed by atoms with Crippen LogP contribution < -0.4 is 10.9 Å². The molecular weight excluding hydrogens is 346 g/mol. The summed E-state index contributed by atoms with van der Waals surface area (Å²) in [5.41, 5.74) is 0.345. The molecule has 146 valence electrons. The highest BCUT2D eigenvalue weighted by Gasteiger charge is 2.12. The quantitative estimate of drug-likeness (QED) is 0.657. The minimum atomic E-state index is -0.504. The van der Waals surface area contributed by atoms with Crippen molar-refractivity contribution in [3.8, 4) is 0 Å². The summed E-state index contributed by atoms with van der Waals surface area (Å²) in [6, 6.07) is 7.06. The second kappa shape index (κ2) is 9.85.